The first kappa shape index (κ1) is 15.6. The van der Waals surface area contributed by atoms with Gasteiger partial charge in [0.2, 0.25) is 0 Å². The monoisotopic (exact) mass is 324 g/mol. The van der Waals surface area contributed by atoms with Crippen LogP contribution >= 0.6 is 23.2 Å². The molecule has 0 aliphatic heterocycles. The van der Waals surface area contributed by atoms with Gasteiger partial charge in [-0.05, 0) is 23.3 Å². The summed E-state index contributed by atoms with van der Waals surface area (Å²) in [5.41, 5.74) is 2.61. The van der Waals surface area contributed by atoms with Gasteiger partial charge in [0, 0.05) is 42.3 Å². The number of alkyl halides is 1. The van der Waals surface area contributed by atoms with E-state index in [9.17, 15) is 10.1 Å². The van der Waals surface area contributed by atoms with Crippen molar-refractivity contribution in [3.05, 3.63) is 68.7 Å². The Morgan fingerprint density at radius 2 is 1.90 bits per heavy atom. The van der Waals surface area contributed by atoms with Crippen LogP contribution in [0.5, 0.6) is 0 Å². The molecule has 21 heavy (non-hydrogen) atoms. The number of anilines is 1. The van der Waals surface area contributed by atoms with Crippen LogP contribution < -0.4 is 4.90 Å². The molecule has 0 spiro atoms. The molecule has 2 rings (SSSR count). The van der Waals surface area contributed by atoms with Crippen molar-refractivity contribution >= 4 is 34.6 Å². The Morgan fingerprint density at radius 1 is 1.19 bits per heavy atom. The second-order valence-electron chi connectivity index (χ2n) is 4.65. The summed E-state index contributed by atoms with van der Waals surface area (Å²) >= 11 is 12.1. The molecule has 0 fully saturated rings. The van der Waals surface area contributed by atoms with Gasteiger partial charge in [-0.3, -0.25) is 10.1 Å². The fourth-order valence-electron chi connectivity index (χ4n) is 2.13. The molecule has 0 aliphatic rings. The SMILES string of the molecule is CN(Cc1ccccc1Cl)c1ccc([N+](=O)[O-])cc1CCl. The van der Waals surface area contributed by atoms with Crippen LogP contribution in [0.1, 0.15) is 11.1 Å². The summed E-state index contributed by atoms with van der Waals surface area (Å²) in [5, 5.41) is 11.5. The zero-order valence-electron chi connectivity index (χ0n) is 11.4. The lowest BCUT2D eigenvalue weighted by Gasteiger charge is -2.22. The molecule has 4 nitrogen and oxygen atoms in total. The minimum Gasteiger partial charge on any atom is -0.370 e. The van der Waals surface area contributed by atoms with E-state index in [0.29, 0.717) is 11.6 Å². The van der Waals surface area contributed by atoms with Crippen molar-refractivity contribution in [1.82, 2.24) is 0 Å². The summed E-state index contributed by atoms with van der Waals surface area (Å²) in [7, 11) is 1.90. The molecule has 0 amide bonds. The van der Waals surface area contributed by atoms with Gasteiger partial charge in [0.25, 0.3) is 5.69 Å². The summed E-state index contributed by atoms with van der Waals surface area (Å²) in [6.07, 6.45) is 0. The van der Waals surface area contributed by atoms with Crippen LogP contribution in [0.15, 0.2) is 42.5 Å². The number of halogens is 2. The number of nitrogens with zero attached hydrogens (tertiary/aromatic N) is 2. The largest absolute Gasteiger partial charge is 0.370 e. The zero-order chi connectivity index (χ0) is 15.4. The number of nitro benzene ring substituents is 1. The third kappa shape index (κ3) is 3.65. The number of hydrogen-bond acceptors (Lipinski definition) is 3. The predicted molar refractivity (Wildman–Crippen MR) is 86.2 cm³/mol. The van der Waals surface area contributed by atoms with E-state index in [0.717, 1.165) is 16.8 Å². The Labute approximate surface area is 133 Å². The van der Waals surface area contributed by atoms with E-state index in [1.54, 1.807) is 6.07 Å². The molecule has 0 N–H and O–H groups in total. The summed E-state index contributed by atoms with van der Waals surface area (Å²) in [5.74, 6) is 0.212. The number of non-ortho nitro benzene ring substituents is 1. The zero-order valence-corrected chi connectivity index (χ0v) is 12.9. The molecule has 0 unspecified atom stereocenters. The quantitative estimate of drug-likeness (QED) is 0.458. The van der Waals surface area contributed by atoms with Crippen molar-refractivity contribution in [1.29, 1.82) is 0 Å². The molecule has 2 aromatic carbocycles. The first-order chi connectivity index (χ1) is 10.0. The molecule has 0 aliphatic carbocycles. The second-order valence-corrected chi connectivity index (χ2v) is 5.33. The van der Waals surface area contributed by atoms with Gasteiger partial charge in [0.1, 0.15) is 0 Å². The Bertz CT molecular complexity index is 662. The Kier molecular flexibility index (Phi) is 5.04. The first-order valence-electron chi connectivity index (χ1n) is 6.30. The summed E-state index contributed by atoms with van der Waals surface area (Å²) < 4.78 is 0. The lowest BCUT2D eigenvalue weighted by atomic mass is 10.1. The topological polar surface area (TPSA) is 46.4 Å². The van der Waals surface area contributed by atoms with Crippen LogP contribution in [0.4, 0.5) is 11.4 Å². The van der Waals surface area contributed by atoms with Crippen molar-refractivity contribution in [2.75, 3.05) is 11.9 Å². The Morgan fingerprint density at radius 3 is 2.52 bits per heavy atom. The van der Waals surface area contributed by atoms with E-state index in [1.807, 2.05) is 36.2 Å². The van der Waals surface area contributed by atoms with E-state index < -0.39 is 4.92 Å². The molecule has 0 aromatic heterocycles. The fourth-order valence-corrected chi connectivity index (χ4v) is 2.54. The molecule has 0 atom stereocenters. The molecule has 0 saturated heterocycles. The van der Waals surface area contributed by atoms with Crippen LogP contribution in [0, 0.1) is 10.1 Å². The third-order valence-electron chi connectivity index (χ3n) is 3.19. The lowest BCUT2D eigenvalue weighted by Crippen LogP contribution is -2.18. The maximum absolute atomic E-state index is 10.8. The molecular formula is C15H14Cl2N2O2. The van der Waals surface area contributed by atoms with E-state index in [-0.39, 0.29) is 11.6 Å². The maximum Gasteiger partial charge on any atom is 0.269 e. The van der Waals surface area contributed by atoms with Gasteiger partial charge >= 0.3 is 0 Å². The van der Waals surface area contributed by atoms with E-state index in [4.69, 9.17) is 23.2 Å². The van der Waals surface area contributed by atoms with Gasteiger partial charge in [0.05, 0.1) is 4.92 Å². The van der Waals surface area contributed by atoms with E-state index >= 15 is 0 Å². The van der Waals surface area contributed by atoms with Crippen LogP contribution in [0.3, 0.4) is 0 Å². The van der Waals surface area contributed by atoms with Gasteiger partial charge in [-0.2, -0.15) is 0 Å². The lowest BCUT2D eigenvalue weighted by molar-refractivity contribution is -0.384. The van der Waals surface area contributed by atoms with Gasteiger partial charge in [-0.1, -0.05) is 29.8 Å². The number of nitro groups is 1. The van der Waals surface area contributed by atoms with Crippen molar-refractivity contribution < 1.29 is 4.92 Å². The number of benzene rings is 2. The minimum absolute atomic E-state index is 0.0422. The molecule has 2 aromatic rings. The average Bonchev–Trinajstić information content (AvgIpc) is 2.48. The van der Waals surface area contributed by atoms with Crippen LogP contribution in [-0.2, 0) is 12.4 Å². The molecule has 0 heterocycles. The third-order valence-corrected chi connectivity index (χ3v) is 3.85. The molecule has 0 bridgehead atoms. The van der Waals surface area contributed by atoms with E-state index in [1.165, 1.54) is 12.1 Å². The molecule has 0 radical (unpaired) electrons. The number of hydrogen-bond donors (Lipinski definition) is 0. The van der Waals surface area contributed by atoms with Crippen molar-refractivity contribution in [3.8, 4) is 0 Å². The highest BCUT2D eigenvalue weighted by atomic mass is 35.5. The average molecular weight is 325 g/mol. The molecular weight excluding hydrogens is 311 g/mol. The van der Waals surface area contributed by atoms with Gasteiger partial charge < -0.3 is 4.90 Å². The summed E-state index contributed by atoms with van der Waals surface area (Å²) in [6.45, 7) is 0.599. The van der Waals surface area contributed by atoms with Crippen molar-refractivity contribution in [3.63, 3.8) is 0 Å². The standard InChI is InChI=1S/C15H14Cl2N2O2/c1-18(10-11-4-2-3-5-14(11)17)15-7-6-13(19(20)21)8-12(15)9-16/h2-8H,9-10H2,1H3. The molecule has 6 heteroatoms. The fraction of sp³-hybridized carbons (Fsp3) is 0.200. The Balaban J connectivity index is 2.29. The predicted octanol–water partition coefficient (Wildman–Crippen LogP) is 4.62. The highest BCUT2D eigenvalue weighted by molar-refractivity contribution is 6.31. The second kappa shape index (κ2) is 6.78. The van der Waals surface area contributed by atoms with Gasteiger partial charge in [0.15, 0.2) is 0 Å². The molecule has 0 saturated carbocycles. The van der Waals surface area contributed by atoms with E-state index in [2.05, 4.69) is 0 Å². The van der Waals surface area contributed by atoms with Gasteiger partial charge in [-0.25, -0.2) is 0 Å². The highest BCUT2D eigenvalue weighted by Crippen LogP contribution is 2.28. The van der Waals surface area contributed by atoms with Crippen molar-refractivity contribution in [2.45, 2.75) is 12.4 Å². The summed E-state index contributed by atoms with van der Waals surface area (Å²) in [4.78, 5) is 12.4. The normalized spacial score (nSPS) is 10.4. The van der Waals surface area contributed by atoms with Gasteiger partial charge in [-0.15, -0.1) is 11.6 Å². The maximum atomic E-state index is 10.8. The highest BCUT2D eigenvalue weighted by Gasteiger charge is 2.14. The van der Waals surface area contributed by atoms with Crippen LogP contribution in [-0.4, -0.2) is 12.0 Å². The van der Waals surface area contributed by atoms with Crippen LogP contribution in [0.2, 0.25) is 5.02 Å². The smallest absolute Gasteiger partial charge is 0.269 e. The Hall–Kier alpha value is -1.78. The first-order valence-corrected chi connectivity index (χ1v) is 7.22. The molecule has 110 valence electrons. The minimum atomic E-state index is -0.423. The van der Waals surface area contributed by atoms with Crippen LogP contribution in [0.25, 0.3) is 0 Å². The summed E-state index contributed by atoms with van der Waals surface area (Å²) in [6, 6.07) is 12.3. The number of rotatable bonds is 5. The van der Waals surface area contributed by atoms with Crippen molar-refractivity contribution in [2.24, 2.45) is 0 Å².